The van der Waals surface area contributed by atoms with Crippen molar-refractivity contribution >= 4 is 11.8 Å². The van der Waals surface area contributed by atoms with Crippen LogP contribution in [0.2, 0.25) is 0 Å². The van der Waals surface area contributed by atoms with E-state index < -0.39 is 0 Å². The summed E-state index contributed by atoms with van der Waals surface area (Å²) in [5.74, 6) is 0.306. The maximum absolute atomic E-state index is 12.7. The zero-order chi connectivity index (χ0) is 20.8. The van der Waals surface area contributed by atoms with Gasteiger partial charge in [-0.15, -0.1) is 0 Å². The number of amides is 2. The first-order valence-corrected chi connectivity index (χ1v) is 11.0. The van der Waals surface area contributed by atoms with Crippen LogP contribution in [-0.4, -0.2) is 58.8 Å². The third-order valence-electron chi connectivity index (χ3n) is 6.30. The van der Waals surface area contributed by atoms with Gasteiger partial charge in [0.15, 0.2) is 0 Å². The molecule has 0 aliphatic carbocycles. The van der Waals surface area contributed by atoms with Crippen LogP contribution in [0.1, 0.15) is 41.6 Å². The molecule has 1 unspecified atom stereocenters. The summed E-state index contributed by atoms with van der Waals surface area (Å²) in [6.07, 6.45) is 7.47. The van der Waals surface area contributed by atoms with Gasteiger partial charge < -0.3 is 10.2 Å². The van der Waals surface area contributed by atoms with Crippen LogP contribution in [0.4, 0.5) is 0 Å². The SMILES string of the molecule is O=C(NCc1cccnc1)C1CCCN(C2CCN(C(=O)c3ccccc3)CC2)C1. The second-order valence-corrected chi connectivity index (χ2v) is 8.30. The number of carbonyl (C=O) groups is 2. The largest absolute Gasteiger partial charge is 0.352 e. The van der Waals surface area contributed by atoms with Gasteiger partial charge in [-0.1, -0.05) is 24.3 Å². The first-order chi connectivity index (χ1) is 14.7. The second-order valence-electron chi connectivity index (χ2n) is 8.30. The van der Waals surface area contributed by atoms with Crippen molar-refractivity contribution in [2.75, 3.05) is 26.2 Å². The maximum atomic E-state index is 12.7. The highest BCUT2D eigenvalue weighted by molar-refractivity contribution is 5.94. The summed E-state index contributed by atoms with van der Waals surface area (Å²) >= 11 is 0. The Kier molecular flexibility index (Phi) is 6.74. The van der Waals surface area contributed by atoms with Gasteiger partial charge in [0.1, 0.15) is 0 Å². The summed E-state index contributed by atoms with van der Waals surface area (Å²) in [5, 5.41) is 3.07. The van der Waals surface area contributed by atoms with E-state index in [9.17, 15) is 9.59 Å². The molecule has 1 atom stereocenters. The van der Waals surface area contributed by atoms with Gasteiger partial charge in [0, 0.05) is 50.2 Å². The predicted octanol–water partition coefficient (Wildman–Crippen LogP) is 2.71. The number of pyridine rings is 1. The Hall–Kier alpha value is -2.73. The molecule has 6 nitrogen and oxygen atoms in total. The van der Waals surface area contributed by atoms with Crippen LogP contribution in [-0.2, 0) is 11.3 Å². The lowest BCUT2D eigenvalue weighted by atomic mass is 9.93. The normalized spacial score (nSPS) is 20.7. The molecule has 2 aromatic rings. The van der Waals surface area contributed by atoms with Crippen molar-refractivity contribution in [3.05, 3.63) is 66.0 Å². The van der Waals surface area contributed by atoms with E-state index in [1.54, 1.807) is 12.4 Å². The molecular formula is C24H30N4O2. The van der Waals surface area contributed by atoms with E-state index in [0.717, 1.165) is 63.0 Å². The van der Waals surface area contributed by atoms with Gasteiger partial charge in [0.25, 0.3) is 5.91 Å². The van der Waals surface area contributed by atoms with Gasteiger partial charge in [-0.25, -0.2) is 0 Å². The molecule has 0 spiro atoms. The summed E-state index contributed by atoms with van der Waals surface area (Å²) in [5.41, 5.74) is 1.79. The van der Waals surface area contributed by atoms with Crippen molar-refractivity contribution in [3.8, 4) is 0 Å². The number of likely N-dealkylation sites (tertiary alicyclic amines) is 2. The third kappa shape index (κ3) is 5.05. The van der Waals surface area contributed by atoms with Crippen LogP contribution < -0.4 is 5.32 Å². The number of rotatable bonds is 5. The maximum Gasteiger partial charge on any atom is 0.253 e. The topological polar surface area (TPSA) is 65.5 Å². The standard InChI is InChI=1S/C24H30N4O2/c29-23(26-17-19-6-4-12-25-16-19)21-9-5-13-28(18-21)22-10-14-27(15-11-22)24(30)20-7-2-1-3-8-20/h1-4,6-8,12,16,21-22H,5,9-11,13-15,17-18H2,(H,26,29). The van der Waals surface area contributed by atoms with Crippen molar-refractivity contribution in [2.45, 2.75) is 38.3 Å². The zero-order valence-corrected chi connectivity index (χ0v) is 17.4. The number of piperidine rings is 2. The fraction of sp³-hybridized carbons (Fsp3) is 0.458. The summed E-state index contributed by atoms with van der Waals surface area (Å²) in [6.45, 7) is 3.96. The molecule has 2 aliphatic rings. The van der Waals surface area contributed by atoms with Crippen LogP contribution >= 0.6 is 0 Å². The number of carbonyl (C=O) groups excluding carboxylic acids is 2. The lowest BCUT2D eigenvalue weighted by Crippen LogP contribution is -2.51. The smallest absolute Gasteiger partial charge is 0.253 e. The summed E-state index contributed by atoms with van der Waals surface area (Å²) in [4.78, 5) is 33.9. The molecule has 2 aliphatic heterocycles. The molecule has 6 heteroatoms. The van der Waals surface area contributed by atoms with Gasteiger partial charge in [-0.05, 0) is 56.0 Å². The minimum absolute atomic E-state index is 0.0411. The van der Waals surface area contributed by atoms with Crippen molar-refractivity contribution < 1.29 is 9.59 Å². The average molecular weight is 407 g/mol. The number of benzene rings is 1. The minimum atomic E-state index is 0.0411. The van der Waals surface area contributed by atoms with E-state index >= 15 is 0 Å². The molecule has 1 N–H and O–H groups in total. The van der Waals surface area contributed by atoms with E-state index in [2.05, 4.69) is 15.2 Å². The van der Waals surface area contributed by atoms with Crippen molar-refractivity contribution in [1.82, 2.24) is 20.1 Å². The van der Waals surface area contributed by atoms with Crippen molar-refractivity contribution in [1.29, 1.82) is 0 Å². The molecule has 2 fully saturated rings. The summed E-state index contributed by atoms with van der Waals surface area (Å²) in [6, 6.07) is 13.8. The van der Waals surface area contributed by atoms with Gasteiger partial charge in [0.05, 0.1) is 5.92 Å². The van der Waals surface area contributed by atoms with E-state index in [4.69, 9.17) is 0 Å². The van der Waals surface area contributed by atoms with Crippen LogP contribution in [0, 0.1) is 5.92 Å². The minimum Gasteiger partial charge on any atom is -0.352 e. The lowest BCUT2D eigenvalue weighted by Gasteiger charge is -2.42. The molecule has 1 aromatic carbocycles. The van der Waals surface area contributed by atoms with Gasteiger partial charge in [-0.3, -0.25) is 19.5 Å². The number of hydrogen-bond acceptors (Lipinski definition) is 4. The van der Waals surface area contributed by atoms with Gasteiger partial charge in [0.2, 0.25) is 5.91 Å². The van der Waals surface area contributed by atoms with Crippen LogP contribution in [0.5, 0.6) is 0 Å². The van der Waals surface area contributed by atoms with Crippen LogP contribution in [0.3, 0.4) is 0 Å². The summed E-state index contributed by atoms with van der Waals surface area (Å²) < 4.78 is 0. The molecule has 1 aromatic heterocycles. The Morgan fingerprint density at radius 3 is 2.53 bits per heavy atom. The molecule has 4 rings (SSSR count). The monoisotopic (exact) mass is 406 g/mol. The third-order valence-corrected chi connectivity index (χ3v) is 6.30. The Morgan fingerprint density at radius 1 is 1.00 bits per heavy atom. The van der Waals surface area contributed by atoms with Gasteiger partial charge in [-0.2, -0.15) is 0 Å². The Bertz CT molecular complexity index is 835. The zero-order valence-electron chi connectivity index (χ0n) is 17.4. The molecule has 30 heavy (non-hydrogen) atoms. The molecule has 0 radical (unpaired) electrons. The Labute approximate surface area is 178 Å². The molecule has 2 amide bonds. The first-order valence-electron chi connectivity index (χ1n) is 11.0. The molecule has 158 valence electrons. The predicted molar refractivity (Wildman–Crippen MR) is 116 cm³/mol. The highest BCUT2D eigenvalue weighted by atomic mass is 16.2. The molecular weight excluding hydrogens is 376 g/mol. The molecule has 0 saturated carbocycles. The second kappa shape index (κ2) is 9.85. The number of aromatic nitrogens is 1. The van der Waals surface area contributed by atoms with Crippen LogP contribution in [0.15, 0.2) is 54.9 Å². The molecule has 3 heterocycles. The summed E-state index contributed by atoms with van der Waals surface area (Å²) in [7, 11) is 0. The molecule has 0 bridgehead atoms. The van der Waals surface area contributed by atoms with Crippen molar-refractivity contribution in [2.24, 2.45) is 5.92 Å². The number of nitrogens with zero attached hydrogens (tertiary/aromatic N) is 3. The number of hydrogen-bond donors (Lipinski definition) is 1. The fourth-order valence-electron chi connectivity index (χ4n) is 4.59. The first kappa shape index (κ1) is 20.5. The lowest BCUT2D eigenvalue weighted by molar-refractivity contribution is -0.127. The van der Waals surface area contributed by atoms with E-state index in [1.165, 1.54) is 0 Å². The van der Waals surface area contributed by atoms with Crippen LogP contribution in [0.25, 0.3) is 0 Å². The Morgan fingerprint density at radius 2 is 1.80 bits per heavy atom. The molecule has 2 saturated heterocycles. The Balaban J connectivity index is 1.26. The highest BCUT2D eigenvalue weighted by Crippen LogP contribution is 2.25. The van der Waals surface area contributed by atoms with E-state index in [0.29, 0.717) is 12.6 Å². The fourth-order valence-corrected chi connectivity index (χ4v) is 4.59. The average Bonchev–Trinajstić information content (AvgIpc) is 2.83. The van der Waals surface area contributed by atoms with Gasteiger partial charge >= 0.3 is 0 Å². The highest BCUT2D eigenvalue weighted by Gasteiger charge is 2.32. The van der Waals surface area contributed by atoms with E-state index in [1.807, 2.05) is 47.4 Å². The quantitative estimate of drug-likeness (QED) is 0.829. The number of nitrogens with one attached hydrogen (secondary N) is 1. The van der Waals surface area contributed by atoms with E-state index in [-0.39, 0.29) is 17.7 Å². The van der Waals surface area contributed by atoms with Crippen molar-refractivity contribution in [3.63, 3.8) is 0 Å².